The molecule has 2 heterocycles. The quantitative estimate of drug-likeness (QED) is 0.895. The third-order valence-electron chi connectivity index (χ3n) is 4.55. The maximum absolute atomic E-state index is 12.6. The van der Waals surface area contributed by atoms with Crippen molar-refractivity contribution in [2.75, 3.05) is 13.7 Å². The van der Waals surface area contributed by atoms with Gasteiger partial charge in [-0.05, 0) is 30.5 Å². The zero-order valence-electron chi connectivity index (χ0n) is 15.0. The molecule has 1 aliphatic rings. The summed E-state index contributed by atoms with van der Waals surface area (Å²) in [6, 6.07) is 9.59. The van der Waals surface area contributed by atoms with Crippen molar-refractivity contribution in [3.63, 3.8) is 0 Å². The topological polar surface area (TPSA) is 67.6 Å². The smallest absolute Gasteiger partial charge is 0.318 e. The summed E-state index contributed by atoms with van der Waals surface area (Å²) in [5, 5.41) is 7.17. The molecule has 0 radical (unpaired) electrons. The number of urea groups is 1. The van der Waals surface area contributed by atoms with E-state index in [0.717, 1.165) is 42.2 Å². The van der Waals surface area contributed by atoms with Crippen LogP contribution in [0.5, 0.6) is 5.75 Å². The van der Waals surface area contributed by atoms with Gasteiger partial charge in [0.05, 0.1) is 13.2 Å². The number of likely N-dealkylation sites (tertiary alicyclic amines) is 1. The fraction of sp³-hybridized carbons (Fsp3) is 0.474. The Morgan fingerprint density at radius 2 is 2.28 bits per heavy atom. The molecule has 1 atom stereocenters. The Morgan fingerprint density at radius 1 is 1.44 bits per heavy atom. The van der Waals surface area contributed by atoms with Gasteiger partial charge >= 0.3 is 6.03 Å². The number of ether oxygens (including phenoxy) is 1. The number of amides is 2. The highest BCUT2D eigenvalue weighted by Crippen LogP contribution is 2.32. The molecule has 1 N–H and O–H groups in total. The average molecular weight is 343 g/mol. The Balaban J connectivity index is 1.63. The number of methoxy groups -OCH3 is 1. The zero-order valence-corrected chi connectivity index (χ0v) is 15.0. The second-order valence-corrected chi connectivity index (χ2v) is 6.67. The highest BCUT2D eigenvalue weighted by Gasteiger charge is 2.32. The largest absolute Gasteiger partial charge is 0.497 e. The van der Waals surface area contributed by atoms with Crippen molar-refractivity contribution in [1.82, 2.24) is 15.4 Å². The summed E-state index contributed by atoms with van der Waals surface area (Å²) in [5.41, 5.74) is 1.85. The summed E-state index contributed by atoms with van der Waals surface area (Å²) in [7, 11) is 1.63. The van der Waals surface area contributed by atoms with Crippen LogP contribution in [-0.2, 0) is 6.54 Å². The van der Waals surface area contributed by atoms with Crippen LogP contribution in [0, 0.1) is 0 Å². The second kappa shape index (κ2) is 7.59. The molecule has 0 bridgehead atoms. The normalized spacial score (nSPS) is 17.1. The number of hydrogen-bond acceptors (Lipinski definition) is 4. The lowest BCUT2D eigenvalue weighted by molar-refractivity contribution is 0.190. The molecule has 25 heavy (non-hydrogen) atoms. The van der Waals surface area contributed by atoms with Gasteiger partial charge in [-0.15, -0.1) is 0 Å². The lowest BCUT2D eigenvalue weighted by Crippen LogP contribution is -2.39. The molecule has 0 aliphatic carbocycles. The molecule has 0 spiro atoms. The number of rotatable bonds is 5. The van der Waals surface area contributed by atoms with Gasteiger partial charge in [-0.2, -0.15) is 0 Å². The van der Waals surface area contributed by atoms with Crippen LogP contribution in [0.15, 0.2) is 34.9 Å². The number of aromatic nitrogens is 1. The monoisotopic (exact) mass is 343 g/mol. The van der Waals surface area contributed by atoms with Crippen molar-refractivity contribution in [3.8, 4) is 5.75 Å². The molecule has 1 aromatic heterocycles. The van der Waals surface area contributed by atoms with Crippen LogP contribution >= 0.6 is 0 Å². The molecule has 1 fully saturated rings. The van der Waals surface area contributed by atoms with Gasteiger partial charge in [0, 0.05) is 25.1 Å². The summed E-state index contributed by atoms with van der Waals surface area (Å²) >= 11 is 0. The Labute approximate surface area is 148 Å². The Bertz CT molecular complexity index is 726. The molecule has 3 rings (SSSR count). The molecular weight excluding hydrogens is 318 g/mol. The summed E-state index contributed by atoms with van der Waals surface area (Å²) in [6.45, 7) is 5.34. The molecule has 2 amide bonds. The van der Waals surface area contributed by atoms with Crippen molar-refractivity contribution >= 4 is 6.03 Å². The third-order valence-corrected chi connectivity index (χ3v) is 4.55. The molecule has 6 nitrogen and oxygen atoms in total. The Morgan fingerprint density at radius 3 is 3.00 bits per heavy atom. The first-order valence-electron chi connectivity index (χ1n) is 8.72. The number of hydrogen-bond donors (Lipinski definition) is 1. The average Bonchev–Trinajstić information content (AvgIpc) is 3.28. The van der Waals surface area contributed by atoms with Gasteiger partial charge in [0.25, 0.3) is 0 Å². The lowest BCUT2D eigenvalue weighted by Gasteiger charge is -2.23. The summed E-state index contributed by atoms with van der Waals surface area (Å²) in [6.07, 6.45) is 1.89. The van der Waals surface area contributed by atoms with E-state index in [1.54, 1.807) is 7.11 Å². The van der Waals surface area contributed by atoms with Crippen LogP contribution in [0.4, 0.5) is 4.79 Å². The third kappa shape index (κ3) is 3.95. The van der Waals surface area contributed by atoms with Crippen LogP contribution < -0.4 is 10.1 Å². The molecule has 2 aromatic rings. The zero-order chi connectivity index (χ0) is 17.8. The van der Waals surface area contributed by atoms with Gasteiger partial charge in [-0.1, -0.05) is 31.1 Å². The number of nitrogens with one attached hydrogen (secondary N) is 1. The highest BCUT2D eigenvalue weighted by molar-refractivity contribution is 5.75. The fourth-order valence-electron chi connectivity index (χ4n) is 3.11. The minimum absolute atomic E-state index is 0.0124. The van der Waals surface area contributed by atoms with Crippen LogP contribution in [-0.4, -0.2) is 29.7 Å². The summed E-state index contributed by atoms with van der Waals surface area (Å²) in [4.78, 5) is 14.5. The van der Waals surface area contributed by atoms with Crippen molar-refractivity contribution in [3.05, 3.63) is 47.3 Å². The van der Waals surface area contributed by atoms with Gasteiger partial charge in [0.2, 0.25) is 0 Å². The number of benzene rings is 1. The standard InChI is InChI=1S/C19H25N3O3/c1-13(2)18-11-16(21-25-18)17-8-5-9-22(17)19(23)20-12-14-6-4-7-15(10-14)24-3/h4,6-7,10-11,13,17H,5,8-9,12H2,1-3H3,(H,20,23)/t17-/m1/s1. The molecule has 1 aliphatic heterocycles. The number of carbonyl (C=O) groups excluding carboxylic acids is 1. The predicted octanol–water partition coefficient (Wildman–Crippen LogP) is 3.85. The van der Waals surface area contributed by atoms with Gasteiger partial charge in [0.15, 0.2) is 0 Å². The Hall–Kier alpha value is -2.50. The van der Waals surface area contributed by atoms with Gasteiger partial charge in [-0.25, -0.2) is 4.79 Å². The van der Waals surface area contributed by atoms with Gasteiger partial charge in [-0.3, -0.25) is 0 Å². The minimum atomic E-state index is -0.0700. The first kappa shape index (κ1) is 17.3. The van der Waals surface area contributed by atoms with E-state index in [4.69, 9.17) is 9.26 Å². The molecule has 1 saturated heterocycles. The van der Waals surface area contributed by atoms with Gasteiger partial charge < -0.3 is 19.5 Å². The lowest BCUT2D eigenvalue weighted by atomic mass is 10.1. The molecule has 134 valence electrons. The van der Waals surface area contributed by atoms with E-state index in [9.17, 15) is 4.79 Å². The van der Waals surface area contributed by atoms with Crippen molar-refractivity contribution in [2.45, 2.75) is 45.2 Å². The van der Waals surface area contributed by atoms with Crippen LogP contribution in [0.1, 0.15) is 55.7 Å². The molecule has 0 saturated carbocycles. The maximum atomic E-state index is 12.6. The van der Waals surface area contributed by atoms with E-state index in [1.165, 1.54) is 0 Å². The van der Waals surface area contributed by atoms with E-state index in [0.29, 0.717) is 6.54 Å². The van der Waals surface area contributed by atoms with Crippen LogP contribution in [0.3, 0.4) is 0 Å². The van der Waals surface area contributed by atoms with E-state index in [-0.39, 0.29) is 18.0 Å². The number of carbonyl (C=O) groups is 1. The SMILES string of the molecule is COc1cccc(CNC(=O)N2CCC[C@@H]2c2cc(C(C)C)on2)c1. The predicted molar refractivity (Wildman–Crippen MR) is 94.5 cm³/mol. The Kier molecular flexibility index (Phi) is 5.26. The van der Waals surface area contributed by atoms with Crippen LogP contribution in [0.2, 0.25) is 0 Å². The first-order valence-corrected chi connectivity index (χ1v) is 8.72. The van der Waals surface area contributed by atoms with Crippen LogP contribution in [0.25, 0.3) is 0 Å². The maximum Gasteiger partial charge on any atom is 0.318 e. The highest BCUT2D eigenvalue weighted by atomic mass is 16.5. The molecular formula is C19H25N3O3. The molecule has 1 aromatic carbocycles. The summed E-state index contributed by atoms with van der Waals surface area (Å²) in [5.74, 6) is 1.94. The molecule has 6 heteroatoms. The minimum Gasteiger partial charge on any atom is -0.497 e. The van der Waals surface area contributed by atoms with E-state index >= 15 is 0 Å². The fourth-order valence-corrected chi connectivity index (χ4v) is 3.11. The molecule has 0 unspecified atom stereocenters. The van der Waals surface area contributed by atoms with E-state index in [2.05, 4.69) is 24.3 Å². The van der Waals surface area contributed by atoms with Crippen molar-refractivity contribution in [2.24, 2.45) is 0 Å². The van der Waals surface area contributed by atoms with Crippen molar-refractivity contribution in [1.29, 1.82) is 0 Å². The van der Waals surface area contributed by atoms with E-state index in [1.807, 2.05) is 35.2 Å². The second-order valence-electron chi connectivity index (χ2n) is 6.67. The van der Waals surface area contributed by atoms with E-state index < -0.39 is 0 Å². The van der Waals surface area contributed by atoms with Crippen molar-refractivity contribution < 1.29 is 14.1 Å². The first-order chi connectivity index (χ1) is 12.1. The number of nitrogens with zero attached hydrogens (tertiary/aromatic N) is 2. The van der Waals surface area contributed by atoms with Gasteiger partial charge in [0.1, 0.15) is 17.2 Å². The summed E-state index contributed by atoms with van der Waals surface area (Å²) < 4.78 is 10.6.